The number of fused-ring (bicyclic) bond motifs is 1. The van der Waals surface area contributed by atoms with Crippen LogP contribution in [-0.2, 0) is 6.42 Å². The van der Waals surface area contributed by atoms with E-state index in [0.717, 1.165) is 15.6 Å². The molecular weight excluding hydrogens is 470 g/mol. The number of methoxy groups -OCH3 is 1. The summed E-state index contributed by atoms with van der Waals surface area (Å²) in [4.78, 5) is 17.9. The van der Waals surface area contributed by atoms with Crippen molar-refractivity contribution in [1.29, 1.82) is 0 Å². The van der Waals surface area contributed by atoms with Gasteiger partial charge in [-0.15, -0.1) is 13.0 Å². The van der Waals surface area contributed by atoms with Gasteiger partial charge in [0.05, 0.1) is 24.2 Å². The lowest BCUT2D eigenvalue weighted by Crippen LogP contribution is -2.23. The van der Waals surface area contributed by atoms with Crippen molar-refractivity contribution in [3.63, 3.8) is 0 Å². The quantitative estimate of drug-likeness (QED) is 0.254. The molecule has 32 heavy (non-hydrogen) atoms. The highest BCUT2D eigenvalue weighted by Crippen LogP contribution is 2.33. The van der Waals surface area contributed by atoms with Gasteiger partial charge in [0.15, 0.2) is 11.5 Å². The standard InChI is InChI=1S/C25H24BrN3O3/c1-6-8-18-12-17(13-22(31-5)23(18)32-11-7-2)15-27-29-24(16(3)4)28-21-10-9-19(26)14-20(21)25(29)30/h2,6,9-10,12-16H,1,8,11H2,3-5H3. The van der Waals surface area contributed by atoms with Gasteiger partial charge in [-0.25, -0.2) is 4.98 Å². The molecule has 0 saturated heterocycles. The molecule has 0 N–H and O–H groups in total. The minimum absolute atomic E-state index is 0.00158. The van der Waals surface area contributed by atoms with Crippen LogP contribution in [0, 0.1) is 12.3 Å². The second-order valence-corrected chi connectivity index (χ2v) is 8.26. The van der Waals surface area contributed by atoms with Crippen LogP contribution >= 0.6 is 15.9 Å². The van der Waals surface area contributed by atoms with Crippen LogP contribution in [0.2, 0.25) is 0 Å². The zero-order valence-electron chi connectivity index (χ0n) is 18.3. The first-order valence-electron chi connectivity index (χ1n) is 10.0. The summed E-state index contributed by atoms with van der Waals surface area (Å²) in [5, 5.41) is 4.98. The molecule has 6 nitrogen and oxygen atoms in total. The van der Waals surface area contributed by atoms with E-state index in [1.165, 1.54) is 4.68 Å². The fraction of sp³-hybridized carbons (Fsp3) is 0.240. The van der Waals surface area contributed by atoms with Crippen molar-refractivity contribution < 1.29 is 9.47 Å². The zero-order valence-corrected chi connectivity index (χ0v) is 19.8. The SMILES string of the molecule is C#CCOc1c(CC=C)cc(C=Nn2c(C(C)C)nc3ccc(Br)cc3c2=O)cc1OC. The molecule has 0 aliphatic heterocycles. The smallest absolute Gasteiger partial charge is 0.282 e. The number of rotatable bonds is 8. The van der Waals surface area contributed by atoms with Crippen LogP contribution in [0.15, 0.2) is 57.4 Å². The molecule has 0 aliphatic carbocycles. The average molecular weight is 494 g/mol. The lowest BCUT2D eigenvalue weighted by Gasteiger charge is -2.15. The minimum Gasteiger partial charge on any atom is -0.493 e. The summed E-state index contributed by atoms with van der Waals surface area (Å²) in [6.07, 6.45) is 9.27. The molecule has 7 heteroatoms. The van der Waals surface area contributed by atoms with Crippen molar-refractivity contribution in [2.75, 3.05) is 13.7 Å². The molecule has 164 valence electrons. The minimum atomic E-state index is -0.233. The maximum Gasteiger partial charge on any atom is 0.282 e. The zero-order chi connectivity index (χ0) is 23.3. The lowest BCUT2D eigenvalue weighted by molar-refractivity contribution is 0.328. The topological polar surface area (TPSA) is 65.7 Å². The van der Waals surface area contributed by atoms with Crippen LogP contribution in [0.3, 0.4) is 0 Å². The summed E-state index contributed by atoms with van der Waals surface area (Å²) < 4.78 is 13.3. The molecule has 0 saturated carbocycles. The van der Waals surface area contributed by atoms with Gasteiger partial charge in [0.25, 0.3) is 5.56 Å². The first-order valence-corrected chi connectivity index (χ1v) is 10.8. The Morgan fingerprint density at radius 1 is 1.34 bits per heavy atom. The third-order valence-electron chi connectivity index (χ3n) is 4.71. The third kappa shape index (κ3) is 4.92. The van der Waals surface area contributed by atoms with E-state index in [4.69, 9.17) is 15.9 Å². The van der Waals surface area contributed by atoms with Gasteiger partial charge in [-0.3, -0.25) is 4.79 Å². The van der Waals surface area contributed by atoms with Crippen LogP contribution in [0.25, 0.3) is 10.9 Å². The second-order valence-electron chi connectivity index (χ2n) is 7.34. The van der Waals surface area contributed by atoms with Crippen molar-refractivity contribution >= 4 is 33.0 Å². The number of aromatic nitrogens is 2. The van der Waals surface area contributed by atoms with Gasteiger partial charge in [-0.2, -0.15) is 9.78 Å². The average Bonchev–Trinajstić information content (AvgIpc) is 2.77. The number of ether oxygens (including phenoxy) is 2. The Labute approximate surface area is 195 Å². The molecule has 0 fully saturated rings. The van der Waals surface area contributed by atoms with E-state index in [-0.39, 0.29) is 18.1 Å². The number of halogens is 1. The van der Waals surface area contributed by atoms with Crippen LogP contribution in [0.5, 0.6) is 11.5 Å². The van der Waals surface area contributed by atoms with Gasteiger partial charge in [0.2, 0.25) is 0 Å². The first kappa shape index (κ1) is 23.3. The van der Waals surface area contributed by atoms with Crippen LogP contribution in [0.1, 0.15) is 36.7 Å². The summed E-state index contributed by atoms with van der Waals surface area (Å²) in [5.74, 6) is 4.13. The molecule has 0 bridgehead atoms. The molecule has 1 heterocycles. The van der Waals surface area contributed by atoms with E-state index in [1.54, 1.807) is 31.5 Å². The van der Waals surface area contributed by atoms with Crippen LogP contribution in [-0.4, -0.2) is 29.6 Å². The molecule has 0 unspecified atom stereocenters. The molecule has 1 aromatic heterocycles. The van der Waals surface area contributed by atoms with Crippen molar-refractivity contribution in [3.8, 4) is 23.8 Å². The number of benzene rings is 2. The molecule has 0 spiro atoms. The van der Waals surface area contributed by atoms with E-state index in [0.29, 0.717) is 34.6 Å². The van der Waals surface area contributed by atoms with E-state index < -0.39 is 0 Å². The number of allylic oxidation sites excluding steroid dienone is 1. The van der Waals surface area contributed by atoms with Crippen molar-refractivity contribution in [2.45, 2.75) is 26.2 Å². The summed E-state index contributed by atoms with van der Waals surface area (Å²) in [5.41, 5.74) is 2.00. The van der Waals surface area contributed by atoms with Gasteiger partial charge >= 0.3 is 0 Å². The monoisotopic (exact) mass is 493 g/mol. The summed E-state index contributed by atoms with van der Waals surface area (Å²) >= 11 is 3.42. The highest BCUT2D eigenvalue weighted by atomic mass is 79.9. The molecular formula is C25H24BrN3O3. The molecule has 2 aromatic carbocycles. The Bertz CT molecular complexity index is 1290. The Balaban J connectivity index is 2.14. The predicted molar refractivity (Wildman–Crippen MR) is 132 cm³/mol. The Kier molecular flexibility index (Phi) is 7.49. The van der Waals surface area contributed by atoms with Crippen LogP contribution in [0.4, 0.5) is 0 Å². The molecule has 3 aromatic rings. The van der Waals surface area contributed by atoms with E-state index in [2.05, 4.69) is 38.5 Å². The fourth-order valence-electron chi connectivity index (χ4n) is 3.27. The van der Waals surface area contributed by atoms with Crippen molar-refractivity contribution in [2.24, 2.45) is 5.10 Å². The number of hydrogen-bond acceptors (Lipinski definition) is 5. The Hall–Kier alpha value is -3.37. The first-order chi connectivity index (χ1) is 15.4. The molecule has 0 atom stereocenters. The number of nitrogens with zero attached hydrogens (tertiary/aromatic N) is 3. The molecule has 3 rings (SSSR count). The van der Waals surface area contributed by atoms with E-state index >= 15 is 0 Å². The third-order valence-corrected chi connectivity index (χ3v) is 5.20. The normalized spacial score (nSPS) is 11.1. The number of terminal acetylenes is 1. The van der Waals surface area contributed by atoms with Crippen molar-refractivity contribution in [3.05, 3.63) is 74.8 Å². The summed E-state index contributed by atoms with van der Waals surface area (Å²) in [6.45, 7) is 7.88. The molecule has 0 radical (unpaired) electrons. The predicted octanol–water partition coefficient (Wildman–Crippen LogP) is 4.91. The maximum absolute atomic E-state index is 13.2. The van der Waals surface area contributed by atoms with Gasteiger partial charge in [0, 0.05) is 16.0 Å². The van der Waals surface area contributed by atoms with Gasteiger partial charge in [-0.1, -0.05) is 41.8 Å². The summed E-state index contributed by atoms with van der Waals surface area (Å²) in [7, 11) is 1.56. The molecule has 0 amide bonds. The van der Waals surface area contributed by atoms with Crippen molar-refractivity contribution in [1.82, 2.24) is 9.66 Å². The van der Waals surface area contributed by atoms with E-state index in [1.807, 2.05) is 32.0 Å². The maximum atomic E-state index is 13.2. The highest BCUT2D eigenvalue weighted by Gasteiger charge is 2.15. The Morgan fingerprint density at radius 2 is 2.12 bits per heavy atom. The fourth-order valence-corrected chi connectivity index (χ4v) is 3.63. The van der Waals surface area contributed by atoms with Gasteiger partial charge in [-0.05, 0) is 42.3 Å². The van der Waals surface area contributed by atoms with E-state index in [9.17, 15) is 4.79 Å². The molecule has 0 aliphatic rings. The Morgan fingerprint density at radius 3 is 2.78 bits per heavy atom. The number of hydrogen-bond donors (Lipinski definition) is 0. The van der Waals surface area contributed by atoms with Gasteiger partial charge in [0.1, 0.15) is 12.4 Å². The second kappa shape index (κ2) is 10.3. The lowest BCUT2D eigenvalue weighted by atomic mass is 10.1. The highest BCUT2D eigenvalue weighted by molar-refractivity contribution is 9.10. The summed E-state index contributed by atoms with van der Waals surface area (Å²) in [6, 6.07) is 9.13. The largest absolute Gasteiger partial charge is 0.493 e. The van der Waals surface area contributed by atoms with Crippen LogP contribution < -0.4 is 15.0 Å². The van der Waals surface area contributed by atoms with Gasteiger partial charge < -0.3 is 9.47 Å².